The summed E-state index contributed by atoms with van der Waals surface area (Å²) in [6.45, 7) is 5.40. The first-order chi connectivity index (χ1) is 17.9. The van der Waals surface area contributed by atoms with E-state index >= 15 is 0 Å². The lowest BCUT2D eigenvalue weighted by molar-refractivity contribution is -0.129. The van der Waals surface area contributed by atoms with Gasteiger partial charge in [0.1, 0.15) is 17.3 Å². The van der Waals surface area contributed by atoms with Gasteiger partial charge >= 0.3 is 0 Å². The van der Waals surface area contributed by atoms with Crippen molar-refractivity contribution in [2.24, 2.45) is 0 Å². The van der Waals surface area contributed by atoms with Gasteiger partial charge in [-0.2, -0.15) is 0 Å². The van der Waals surface area contributed by atoms with Crippen molar-refractivity contribution in [3.05, 3.63) is 59.7 Å². The van der Waals surface area contributed by atoms with Gasteiger partial charge in [0.25, 0.3) is 5.91 Å². The Labute approximate surface area is 217 Å². The lowest BCUT2D eigenvalue weighted by Gasteiger charge is -2.36. The molecule has 0 bridgehead atoms. The van der Waals surface area contributed by atoms with Gasteiger partial charge in [-0.15, -0.1) is 0 Å². The molecule has 37 heavy (non-hydrogen) atoms. The summed E-state index contributed by atoms with van der Waals surface area (Å²) in [7, 11) is 4.86. The van der Waals surface area contributed by atoms with Gasteiger partial charge in [0.05, 0.1) is 26.3 Å². The van der Waals surface area contributed by atoms with Crippen molar-refractivity contribution >= 4 is 28.5 Å². The van der Waals surface area contributed by atoms with Crippen LogP contribution in [0.4, 0.5) is 5.82 Å². The smallest absolute Gasteiger partial charge is 0.254 e. The first-order valence-electron chi connectivity index (χ1n) is 12.3. The highest BCUT2D eigenvalue weighted by Gasteiger charge is 2.25. The number of nitrogens with zero attached hydrogens (tertiary/aromatic N) is 4. The molecule has 1 aliphatic rings. The van der Waals surface area contributed by atoms with Crippen molar-refractivity contribution in [1.29, 1.82) is 0 Å². The second-order valence-corrected chi connectivity index (χ2v) is 8.97. The Kier molecular flexibility index (Phi) is 8.45. The highest BCUT2D eigenvalue weighted by atomic mass is 16.5. The van der Waals surface area contributed by atoms with Crippen LogP contribution in [0.3, 0.4) is 0 Å². The summed E-state index contributed by atoms with van der Waals surface area (Å²) in [6.07, 6.45) is 0. The molecule has 4 rings (SSSR count). The van der Waals surface area contributed by atoms with Crippen LogP contribution in [0.25, 0.3) is 10.9 Å². The van der Waals surface area contributed by atoms with E-state index in [4.69, 9.17) is 19.2 Å². The normalized spacial score (nSPS) is 13.5. The van der Waals surface area contributed by atoms with Crippen molar-refractivity contribution < 1.29 is 23.8 Å². The van der Waals surface area contributed by atoms with Crippen molar-refractivity contribution in [2.75, 3.05) is 65.6 Å². The molecule has 0 unspecified atom stereocenters. The van der Waals surface area contributed by atoms with Gasteiger partial charge < -0.3 is 28.9 Å². The molecule has 1 saturated heterocycles. The molecular weight excluding hydrogens is 472 g/mol. The van der Waals surface area contributed by atoms with Crippen molar-refractivity contribution in [3.63, 3.8) is 0 Å². The average Bonchev–Trinajstić information content (AvgIpc) is 2.94. The van der Waals surface area contributed by atoms with Crippen LogP contribution in [0.2, 0.25) is 0 Å². The molecule has 9 heteroatoms. The van der Waals surface area contributed by atoms with Crippen molar-refractivity contribution in [2.45, 2.75) is 13.5 Å². The van der Waals surface area contributed by atoms with E-state index in [2.05, 4.69) is 11.0 Å². The fourth-order valence-electron chi connectivity index (χ4n) is 4.51. The van der Waals surface area contributed by atoms with E-state index in [0.29, 0.717) is 57.2 Å². The number of aromatic nitrogens is 1. The highest BCUT2D eigenvalue weighted by molar-refractivity contribution is 5.94. The van der Waals surface area contributed by atoms with Crippen molar-refractivity contribution in [1.82, 2.24) is 14.8 Å². The van der Waals surface area contributed by atoms with E-state index in [1.807, 2.05) is 23.1 Å². The topological polar surface area (TPSA) is 84.4 Å². The third-order valence-electron chi connectivity index (χ3n) is 6.66. The number of pyridine rings is 1. The molecular formula is C28H34N4O5. The Balaban J connectivity index is 1.70. The number of ether oxygens (including phenoxy) is 3. The highest BCUT2D eigenvalue weighted by Crippen LogP contribution is 2.29. The second kappa shape index (κ2) is 11.9. The zero-order valence-corrected chi connectivity index (χ0v) is 21.9. The number of carbonyl (C=O) groups excluding carboxylic acids is 2. The summed E-state index contributed by atoms with van der Waals surface area (Å²) in [5.41, 5.74) is 2.33. The first kappa shape index (κ1) is 26.2. The molecule has 0 aliphatic carbocycles. The van der Waals surface area contributed by atoms with Crippen LogP contribution in [-0.4, -0.2) is 87.3 Å². The molecule has 2 amide bonds. The lowest BCUT2D eigenvalue weighted by atomic mass is 10.1. The lowest BCUT2D eigenvalue weighted by Crippen LogP contribution is -2.48. The minimum atomic E-state index is -0.0955. The van der Waals surface area contributed by atoms with Gasteiger partial charge in [-0.1, -0.05) is 0 Å². The number of piperazine rings is 1. The van der Waals surface area contributed by atoms with Crippen LogP contribution in [0.15, 0.2) is 48.5 Å². The molecule has 0 atom stereocenters. The maximum atomic E-state index is 13.5. The largest absolute Gasteiger partial charge is 0.497 e. The number of hydrogen-bond donors (Lipinski definition) is 0. The van der Waals surface area contributed by atoms with Gasteiger partial charge in [-0.3, -0.25) is 9.59 Å². The van der Waals surface area contributed by atoms with Crippen LogP contribution in [0.1, 0.15) is 22.8 Å². The van der Waals surface area contributed by atoms with Crippen LogP contribution in [-0.2, 0) is 16.1 Å². The molecule has 2 heterocycles. The Hall–Kier alpha value is -3.85. The second-order valence-electron chi connectivity index (χ2n) is 8.97. The molecule has 1 aliphatic heterocycles. The zero-order valence-electron chi connectivity index (χ0n) is 21.9. The standard InChI is InChI=1S/C28H34N4O5/c1-20(33)30-11-13-31(14-12-30)27-23(17-22-7-10-25(37-4)18-26(22)29-27)19-32(15-16-35-2)28(34)21-5-8-24(36-3)9-6-21/h5-10,17-18H,11-16,19H2,1-4H3. The summed E-state index contributed by atoms with van der Waals surface area (Å²) in [5, 5.41) is 0.963. The van der Waals surface area contributed by atoms with Gasteiger partial charge in [-0.25, -0.2) is 4.98 Å². The monoisotopic (exact) mass is 506 g/mol. The van der Waals surface area contributed by atoms with E-state index in [0.717, 1.165) is 28.0 Å². The number of carbonyl (C=O) groups is 2. The molecule has 196 valence electrons. The number of methoxy groups -OCH3 is 3. The quantitative estimate of drug-likeness (QED) is 0.441. The average molecular weight is 507 g/mol. The Morgan fingerprint density at radius 1 is 0.919 bits per heavy atom. The number of fused-ring (bicyclic) bond motifs is 1. The number of amides is 2. The molecule has 3 aromatic rings. The van der Waals surface area contributed by atoms with Gasteiger partial charge in [0.15, 0.2) is 0 Å². The maximum Gasteiger partial charge on any atom is 0.254 e. The minimum Gasteiger partial charge on any atom is -0.497 e. The number of hydrogen-bond acceptors (Lipinski definition) is 7. The summed E-state index contributed by atoms with van der Waals surface area (Å²) >= 11 is 0. The minimum absolute atomic E-state index is 0.0758. The first-order valence-corrected chi connectivity index (χ1v) is 12.3. The molecule has 1 aromatic heterocycles. The summed E-state index contributed by atoms with van der Waals surface area (Å²) in [4.78, 5) is 36.3. The molecule has 0 N–H and O–H groups in total. The van der Waals surface area contributed by atoms with E-state index in [1.165, 1.54) is 0 Å². The molecule has 0 radical (unpaired) electrons. The fourth-order valence-corrected chi connectivity index (χ4v) is 4.51. The third kappa shape index (κ3) is 6.11. The maximum absolute atomic E-state index is 13.5. The number of benzene rings is 2. The molecule has 0 spiro atoms. The molecule has 2 aromatic carbocycles. The predicted octanol–water partition coefficient (Wildman–Crippen LogP) is 3.21. The summed E-state index contributed by atoms with van der Waals surface area (Å²) < 4.78 is 16.0. The van der Waals surface area contributed by atoms with Gasteiger partial charge in [-0.05, 0) is 42.5 Å². The summed E-state index contributed by atoms with van der Waals surface area (Å²) in [5.74, 6) is 2.22. The molecule has 1 fully saturated rings. The van der Waals surface area contributed by atoms with Crippen molar-refractivity contribution in [3.8, 4) is 11.5 Å². The van der Waals surface area contributed by atoms with Crippen LogP contribution < -0.4 is 14.4 Å². The van der Waals surface area contributed by atoms with E-state index < -0.39 is 0 Å². The molecule has 0 saturated carbocycles. The molecule has 9 nitrogen and oxygen atoms in total. The van der Waals surface area contributed by atoms with Gasteiger partial charge in [0.2, 0.25) is 5.91 Å². The van der Waals surface area contributed by atoms with Crippen LogP contribution >= 0.6 is 0 Å². The van der Waals surface area contributed by atoms with E-state index in [1.54, 1.807) is 57.4 Å². The van der Waals surface area contributed by atoms with Gasteiger partial charge in [0, 0.05) is 75.9 Å². The van der Waals surface area contributed by atoms with E-state index in [9.17, 15) is 9.59 Å². The fraction of sp³-hybridized carbons (Fsp3) is 0.393. The number of anilines is 1. The zero-order chi connectivity index (χ0) is 26.4. The Morgan fingerprint density at radius 3 is 2.22 bits per heavy atom. The SMILES string of the molecule is COCCN(Cc1cc2ccc(OC)cc2nc1N1CCN(C(C)=O)CC1)C(=O)c1ccc(OC)cc1. The predicted molar refractivity (Wildman–Crippen MR) is 142 cm³/mol. The third-order valence-corrected chi connectivity index (χ3v) is 6.66. The Morgan fingerprint density at radius 2 is 1.59 bits per heavy atom. The van der Waals surface area contributed by atoms with E-state index in [-0.39, 0.29) is 11.8 Å². The number of rotatable bonds is 9. The van der Waals surface area contributed by atoms with Crippen LogP contribution in [0, 0.1) is 0 Å². The summed E-state index contributed by atoms with van der Waals surface area (Å²) in [6, 6.07) is 15.0. The Bertz CT molecular complexity index is 1240. The van der Waals surface area contributed by atoms with Crippen LogP contribution in [0.5, 0.6) is 11.5 Å².